The molecule has 0 amide bonds. The van der Waals surface area contributed by atoms with Crippen LogP contribution in [0.5, 0.6) is 11.5 Å². The van der Waals surface area contributed by atoms with Gasteiger partial charge in [0.05, 0.1) is 16.0 Å². The van der Waals surface area contributed by atoms with Gasteiger partial charge in [-0.05, 0) is 23.8 Å². The molecule has 2 heterocycles. The summed E-state index contributed by atoms with van der Waals surface area (Å²) in [5.41, 5.74) is 1.46. The molecule has 1 unspecified atom stereocenters. The van der Waals surface area contributed by atoms with Gasteiger partial charge < -0.3 is 9.47 Å². The van der Waals surface area contributed by atoms with E-state index in [0.29, 0.717) is 46.5 Å². The first-order chi connectivity index (χ1) is 11.0. The molecular weight excluding hydrogens is 361 g/mol. The molecule has 2 aliphatic heterocycles. The van der Waals surface area contributed by atoms with Crippen molar-refractivity contribution in [3.05, 3.63) is 46.5 Å². The van der Waals surface area contributed by atoms with Crippen molar-refractivity contribution in [1.82, 2.24) is 0 Å². The van der Waals surface area contributed by atoms with Gasteiger partial charge >= 0.3 is 0 Å². The number of hydrogen-bond donors (Lipinski definition) is 1. The number of fused-ring (bicyclic) bond motifs is 3. The van der Waals surface area contributed by atoms with E-state index in [-0.39, 0.29) is 4.90 Å². The summed E-state index contributed by atoms with van der Waals surface area (Å²) in [4.78, 5) is 0.0704. The van der Waals surface area contributed by atoms with Gasteiger partial charge in [0, 0.05) is 16.7 Å². The van der Waals surface area contributed by atoms with Crippen molar-refractivity contribution in [2.45, 2.75) is 10.3 Å². The van der Waals surface area contributed by atoms with E-state index in [1.165, 1.54) is 6.07 Å². The predicted octanol–water partition coefficient (Wildman–Crippen LogP) is 3.55. The van der Waals surface area contributed by atoms with Crippen molar-refractivity contribution < 1.29 is 17.9 Å². The molecule has 1 atom stereocenters. The second-order valence-corrected chi connectivity index (χ2v) is 7.76. The van der Waals surface area contributed by atoms with Gasteiger partial charge in [-0.25, -0.2) is 8.42 Å². The highest BCUT2D eigenvalue weighted by Gasteiger charge is 2.32. The lowest BCUT2D eigenvalue weighted by molar-refractivity contribution is 0.171. The highest BCUT2D eigenvalue weighted by atomic mass is 35.5. The third kappa shape index (κ3) is 2.41. The molecule has 0 aliphatic carbocycles. The average Bonchev–Trinajstić information content (AvgIpc) is 2.60. The number of nitrogens with one attached hydrogen (secondary N) is 1. The minimum Gasteiger partial charge on any atom is -0.486 e. The Hall–Kier alpha value is -1.63. The molecule has 0 saturated heterocycles. The van der Waals surface area contributed by atoms with Crippen LogP contribution in [0.15, 0.2) is 35.2 Å². The van der Waals surface area contributed by atoms with E-state index in [1.807, 2.05) is 0 Å². The fraction of sp³-hybridized carbons (Fsp3) is 0.200. The summed E-state index contributed by atoms with van der Waals surface area (Å²) in [5.74, 6) is 1.04. The van der Waals surface area contributed by atoms with Crippen LogP contribution in [0.25, 0.3) is 0 Å². The molecule has 2 aromatic carbocycles. The zero-order valence-corrected chi connectivity index (χ0v) is 14.0. The lowest BCUT2D eigenvalue weighted by Gasteiger charge is -2.21. The number of benzene rings is 2. The molecule has 2 aromatic rings. The maximum absolute atomic E-state index is 12.6. The Kier molecular flexibility index (Phi) is 3.37. The van der Waals surface area contributed by atoms with Crippen LogP contribution in [0.3, 0.4) is 0 Å². The van der Waals surface area contributed by atoms with Crippen LogP contribution in [0, 0.1) is 0 Å². The molecule has 4 rings (SSSR count). The van der Waals surface area contributed by atoms with E-state index in [2.05, 4.69) is 4.72 Å². The van der Waals surface area contributed by atoms with Gasteiger partial charge in [-0.2, -0.15) is 0 Å². The maximum atomic E-state index is 12.6. The highest BCUT2D eigenvalue weighted by Crippen LogP contribution is 2.46. The molecule has 1 N–H and O–H groups in total. The fourth-order valence-electron chi connectivity index (χ4n) is 2.72. The van der Waals surface area contributed by atoms with Gasteiger partial charge in [-0.3, -0.25) is 4.72 Å². The Labute approximate surface area is 143 Å². The maximum Gasteiger partial charge on any atom is 0.262 e. The molecular formula is C15H11Cl2NO4S. The summed E-state index contributed by atoms with van der Waals surface area (Å²) < 4.78 is 38.9. The van der Waals surface area contributed by atoms with Gasteiger partial charge in [-0.1, -0.05) is 17.7 Å². The number of alkyl halides is 1. The molecule has 5 nitrogen and oxygen atoms in total. The highest BCUT2D eigenvalue weighted by molar-refractivity contribution is 7.92. The van der Waals surface area contributed by atoms with Gasteiger partial charge in [0.15, 0.2) is 11.5 Å². The quantitative estimate of drug-likeness (QED) is 0.719. The largest absolute Gasteiger partial charge is 0.486 e. The van der Waals surface area contributed by atoms with Crippen molar-refractivity contribution >= 4 is 38.9 Å². The van der Waals surface area contributed by atoms with Crippen LogP contribution in [-0.2, 0) is 10.0 Å². The first-order valence-electron chi connectivity index (χ1n) is 6.85. The molecule has 0 fully saturated rings. The summed E-state index contributed by atoms with van der Waals surface area (Å²) in [7, 11) is -3.79. The summed E-state index contributed by atoms with van der Waals surface area (Å²) >= 11 is 12.5. The lowest BCUT2D eigenvalue weighted by Crippen LogP contribution is -2.17. The number of hydrogen-bond acceptors (Lipinski definition) is 4. The van der Waals surface area contributed by atoms with Crippen LogP contribution in [0.4, 0.5) is 5.69 Å². The minimum atomic E-state index is -3.79. The minimum absolute atomic E-state index is 0.0704. The standard InChI is InChI=1S/C15H11Cl2NO4S/c16-8-1-2-9-14(5-8)23(19,20)18-11-7-13-12(21-3-4-22-13)6-10(11)15(9)17/h1-2,5-7,15,18H,3-4H2. The number of halogens is 2. The Balaban J connectivity index is 1.97. The topological polar surface area (TPSA) is 64.6 Å². The first-order valence-corrected chi connectivity index (χ1v) is 9.15. The van der Waals surface area contributed by atoms with Crippen LogP contribution >= 0.6 is 23.2 Å². The zero-order valence-electron chi connectivity index (χ0n) is 11.7. The fourth-order valence-corrected chi connectivity index (χ4v) is 4.75. The zero-order chi connectivity index (χ0) is 16.2. The lowest BCUT2D eigenvalue weighted by atomic mass is 10.0. The van der Waals surface area contributed by atoms with Crippen LogP contribution in [0.1, 0.15) is 16.5 Å². The number of ether oxygens (including phenoxy) is 2. The number of anilines is 1. The van der Waals surface area contributed by atoms with Crippen LogP contribution in [-0.4, -0.2) is 21.6 Å². The second kappa shape index (κ2) is 5.19. The van der Waals surface area contributed by atoms with E-state index >= 15 is 0 Å². The summed E-state index contributed by atoms with van der Waals surface area (Å²) in [6.45, 7) is 0.856. The average molecular weight is 372 g/mol. The van der Waals surface area contributed by atoms with Gasteiger partial charge in [0.2, 0.25) is 0 Å². The third-order valence-corrected chi connectivity index (χ3v) is 5.90. The molecule has 0 aromatic heterocycles. The van der Waals surface area contributed by atoms with Crippen molar-refractivity contribution in [3.63, 3.8) is 0 Å². The Bertz CT molecular complexity index is 914. The number of rotatable bonds is 0. The Morgan fingerprint density at radius 1 is 1.04 bits per heavy atom. The van der Waals surface area contributed by atoms with E-state index in [0.717, 1.165) is 0 Å². The predicted molar refractivity (Wildman–Crippen MR) is 87.4 cm³/mol. The monoisotopic (exact) mass is 371 g/mol. The number of sulfonamides is 1. The molecule has 120 valence electrons. The molecule has 0 spiro atoms. The summed E-state index contributed by atoms with van der Waals surface area (Å²) in [6, 6.07) is 7.96. The summed E-state index contributed by atoms with van der Waals surface area (Å²) in [6.07, 6.45) is 0. The normalized spacial score (nSPS) is 20.7. The Morgan fingerprint density at radius 2 is 1.74 bits per heavy atom. The van der Waals surface area contributed by atoms with E-state index in [4.69, 9.17) is 32.7 Å². The van der Waals surface area contributed by atoms with E-state index in [1.54, 1.807) is 24.3 Å². The van der Waals surface area contributed by atoms with Crippen molar-refractivity contribution in [1.29, 1.82) is 0 Å². The molecule has 23 heavy (non-hydrogen) atoms. The van der Waals surface area contributed by atoms with Gasteiger partial charge in [0.1, 0.15) is 13.2 Å². The molecule has 2 aliphatic rings. The van der Waals surface area contributed by atoms with E-state index in [9.17, 15) is 8.42 Å². The first kappa shape index (κ1) is 14.9. The summed E-state index contributed by atoms with van der Waals surface area (Å²) in [5, 5.41) is -0.326. The molecule has 0 saturated carbocycles. The van der Waals surface area contributed by atoms with Crippen molar-refractivity contribution in [2.24, 2.45) is 0 Å². The van der Waals surface area contributed by atoms with Crippen LogP contribution < -0.4 is 14.2 Å². The smallest absolute Gasteiger partial charge is 0.262 e. The van der Waals surface area contributed by atoms with Crippen molar-refractivity contribution in [3.8, 4) is 11.5 Å². The third-order valence-electron chi connectivity index (χ3n) is 3.77. The SMILES string of the molecule is O=S1(=O)Nc2cc3c(cc2C(Cl)c2ccc(Cl)cc21)OCCO3. The molecule has 8 heteroatoms. The van der Waals surface area contributed by atoms with Crippen molar-refractivity contribution in [2.75, 3.05) is 17.9 Å². The second-order valence-electron chi connectivity index (χ2n) is 5.23. The van der Waals surface area contributed by atoms with E-state index < -0.39 is 15.4 Å². The van der Waals surface area contributed by atoms with Crippen LogP contribution in [0.2, 0.25) is 5.02 Å². The van der Waals surface area contributed by atoms with Gasteiger partial charge in [-0.15, -0.1) is 11.6 Å². The molecule has 0 bridgehead atoms. The van der Waals surface area contributed by atoms with Gasteiger partial charge in [0.25, 0.3) is 10.0 Å². The Morgan fingerprint density at radius 3 is 2.48 bits per heavy atom. The molecule has 0 radical (unpaired) electrons.